The van der Waals surface area contributed by atoms with E-state index in [4.69, 9.17) is 5.73 Å². The number of amides is 1. The van der Waals surface area contributed by atoms with Gasteiger partial charge < -0.3 is 15.5 Å². The van der Waals surface area contributed by atoms with Crippen molar-refractivity contribution < 1.29 is 4.79 Å². The van der Waals surface area contributed by atoms with Gasteiger partial charge in [-0.05, 0) is 39.2 Å². The molecule has 4 nitrogen and oxygen atoms in total. The summed E-state index contributed by atoms with van der Waals surface area (Å²) in [5.74, 6) is 0.569. The van der Waals surface area contributed by atoms with Crippen molar-refractivity contribution in [3.05, 3.63) is 0 Å². The van der Waals surface area contributed by atoms with Crippen molar-refractivity contribution in [2.75, 3.05) is 20.6 Å². The van der Waals surface area contributed by atoms with Crippen LogP contribution in [0.25, 0.3) is 0 Å². The number of likely N-dealkylation sites (tertiary alicyclic amines) is 1. The Morgan fingerprint density at radius 1 is 1.50 bits per heavy atom. The third kappa shape index (κ3) is 3.95. The average molecular weight is 255 g/mol. The minimum absolute atomic E-state index is 0.102. The standard InChI is InChI=1S/C14H29N3O/c1-10(2)8-13(15)14(18)17(5)12-6-7-16(4)11(3)9-12/h10-13H,6-9,15H2,1-5H3/t11-,12+,13-/m0/s1. The molecule has 0 aromatic heterocycles. The first-order valence-electron chi connectivity index (χ1n) is 7.05. The highest BCUT2D eigenvalue weighted by Crippen LogP contribution is 2.20. The second kappa shape index (κ2) is 6.53. The summed E-state index contributed by atoms with van der Waals surface area (Å²) < 4.78 is 0. The predicted octanol–water partition coefficient (Wildman–Crippen LogP) is 1.30. The fraction of sp³-hybridized carbons (Fsp3) is 0.929. The Bertz CT molecular complexity index is 280. The van der Waals surface area contributed by atoms with E-state index in [0.29, 0.717) is 18.0 Å². The molecule has 1 aliphatic heterocycles. The fourth-order valence-electron chi connectivity index (χ4n) is 2.67. The van der Waals surface area contributed by atoms with Crippen LogP contribution in [0, 0.1) is 5.92 Å². The van der Waals surface area contributed by atoms with Crippen molar-refractivity contribution in [3.8, 4) is 0 Å². The second-order valence-electron chi connectivity index (χ2n) is 6.19. The Hall–Kier alpha value is -0.610. The lowest BCUT2D eigenvalue weighted by molar-refractivity contribution is -0.134. The van der Waals surface area contributed by atoms with Gasteiger partial charge in [0.15, 0.2) is 0 Å². The number of hydrogen-bond acceptors (Lipinski definition) is 3. The van der Waals surface area contributed by atoms with Crippen molar-refractivity contribution in [1.82, 2.24) is 9.80 Å². The summed E-state index contributed by atoms with van der Waals surface area (Å²) in [5, 5.41) is 0. The Labute approximate surface area is 111 Å². The first-order chi connectivity index (χ1) is 8.32. The molecule has 0 radical (unpaired) electrons. The van der Waals surface area contributed by atoms with Gasteiger partial charge in [0.05, 0.1) is 6.04 Å². The van der Waals surface area contributed by atoms with Gasteiger partial charge in [0.25, 0.3) is 0 Å². The van der Waals surface area contributed by atoms with Gasteiger partial charge in [-0.2, -0.15) is 0 Å². The highest BCUT2D eigenvalue weighted by molar-refractivity contribution is 5.81. The normalized spacial score (nSPS) is 27.3. The van der Waals surface area contributed by atoms with Crippen LogP contribution >= 0.6 is 0 Å². The van der Waals surface area contributed by atoms with Gasteiger partial charge in [0, 0.05) is 25.7 Å². The predicted molar refractivity (Wildman–Crippen MR) is 75.3 cm³/mol. The topological polar surface area (TPSA) is 49.6 Å². The van der Waals surface area contributed by atoms with Crippen LogP contribution < -0.4 is 5.73 Å². The fourth-order valence-corrected chi connectivity index (χ4v) is 2.67. The highest BCUT2D eigenvalue weighted by Gasteiger charge is 2.30. The van der Waals surface area contributed by atoms with E-state index in [-0.39, 0.29) is 11.9 Å². The van der Waals surface area contributed by atoms with Crippen LogP contribution in [0.2, 0.25) is 0 Å². The molecule has 3 atom stereocenters. The second-order valence-corrected chi connectivity index (χ2v) is 6.19. The summed E-state index contributed by atoms with van der Waals surface area (Å²) >= 11 is 0. The van der Waals surface area contributed by atoms with Crippen LogP contribution in [-0.4, -0.2) is 54.5 Å². The molecular formula is C14H29N3O. The Kier molecular flexibility index (Phi) is 5.60. The van der Waals surface area contributed by atoms with Gasteiger partial charge in [0.2, 0.25) is 5.91 Å². The zero-order valence-corrected chi connectivity index (χ0v) is 12.5. The molecule has 1 rings (SSSR count). The number of carbonyl (C=O) groups excluding carboxylic acids is 1. The number of hydrogen-bond donors (Lipinski definition) is 1. The van der Waals surface area contributed by atoms with Crippen molar-refractivity contribution in [2.24, 2.45) is 11.7 Å². The Morgan fingerprint density at radius 3 is 2.61 bits per heavy atom. The first kappa shape index (κ1) is 15.4. The Morgan fingerprint density at radius 2 is 2.11 bits per heavy atom. The summed E-state index contributed by atoms with van der Waals surface area (Å²) in [6.45, 7) is 7.48. The highest BCUT2D eigenvalue weighted by atomic mass is 16.2. The number of nitrogens with two attached hydrogens (primary N) is 1. The monoisotopic (exact) mass is 255 g/mol. The molecule has 0 spiro atoms. The number of rotatable bonds is 4. The van der Waals surface area contributed by atoms with Crippen molar-refractivity contribution >= 4 is 5.91 Å². The van der Waals surface area contributed by atoms with Gasteiger partial charge >= 0.3 is 0 Å². The number of piperidine rings is 1. The third-order valence-electron chi connectivity index (χ3n) is 4.12. The molecule has 2 N–H and O–H groups in total. The average Bonchev–Trinajstić information content (AvgIpc) is 2.30. The molecule has 0 bridgehead atoms. The van der Waals surface area contributed by atoms with Crippen molar-refractivity contribution in [3.63, 3.8) is 0 Å². The van der Waals surface area contributed by atoms with E-state index < -0.39 is 0 Å². The van der Waals surface area contributed by atoms with Gasteiger partial charge in [-0.1, -0.05) is 13.8 Å². The lowest BCUT2D eigenvalue weighted by atomic mass is 9.96. The summed E-state index contributed by atoms with van der Waals surface area (Å²) in [5.41, 5.74) is 5.99. The molecule has 0 aliphatic carbocycles. The molecule has 1 aliphatic rings. The molecule has 0 aromatic rings. The summed E-state index contributed by atoms with van der Waals surface area (Å²) in [6.07, 6.45) is 2.87. The van der Waals surface area contributed by atoms with Crippen LogP contribution in [0.4, 0.5) is 0 Å². The summed E-state index contributed by atoms with van der Waals surface area (Å²) in [7, 11) is 4.05. The van der Waals surface area contributed by atoms with E-state index in [2.05, 4.69) is 32.7 Å². The molecule has 18 heavy (non-hydrogen) atoms. The van der Waals surface area contributed by atoms with Crippen molar-refractivity contribution in [1.29, 1.82) is 0 Å². The zero-order valence-electron chi connectivity index (χ0n) is 12.5. The molecule has 106 valence electrons. The number of nitrogens with zero attached hydrogens (tertiary/aromatic N) is 2. The first-order valence-corrected chi connectivity index (χ1v) is 7.05. The molecule has 4 heteroatoms. The largest absolute Gasteiger partial charge is 0.341 e. The van der Waals surface area contributed by atoms with Gasteiger partial charge in [-0.25, -0.2) is 0 Å². The van der Waals surface area contributed by atoms with Crippen LogP contribution in [0.1, 0.15) is 40.0 Å². The van der Waals surface area contributed by atoms with E-state index in [1.165, 1.54) is 0 Å². The lowest BCUT2D eigenvalue weighted by Gasteiger charge is -2.40. The summed E-state index contributed by atoms with van der Waals surface area (Å²) in [4.78, 5) is 16.5. The van der Waals surface area contributed by atoms with E-state index in [1.807, 2.05) is 11.9 Å². The number of carbonyl (C=O) groups is 1. The maximum absolute atomic E-state index is 12.3. The maximum atomic E-state index is 12.3. The molecule has 0 unspecified atom stereocenters. The molecule has 1 saturated heterocycles. The van der Waals surface area contributed by atoms with E-state index in [0.717, 1.165) is 25.8 Å². The lowest BCUT2D eigenvalue weighted by Crippen LogP contribution is -2.52. The minimum Gasteiger partial charge on any atom is -0.341 e. The zero-order chi connectivity index (χ0) is 13.9. The Balaban J connectivity index is 2.53. The minimum atomic E-state index is -0.343. The van der Waals surface area contributed by atoms with Crippen LogP contribution in [0.3, 0.4) is 0 Å². The molecular weight excluding hydrogens is 226 g/mol. The van der Waals surface area contributed by atoms with Crippen LogP contribution in [0.15, 0.2) is 0 Å². The molecule has 1 fully saturated rings. The third-order valence-corrected chi connectivity index (χ3v) is 4.12. The van der Waals surface area contributed by atoms with E-state index in [1.54, 1.807) is 0 Å². The van der Waals surface area contributed by atoms with Crippen molar-refractivity contribution in [2.45, 2.75) is 58.2 Å². The quantitative estimate of drug-likeness (QED) is 0.824. The van der Waals surface area contributed by atoms with Crippen LogP contribution in [-0.2, 0) is 4.79 Å². The number of likely N-dealkylation sites (N-methyl/N-ethyl adjacent to an activating group) is 1. The SMILES string of the molecule is CC(C)C[C@H](N)C(=O)N(C)[C@@H]1CCN(C)[C@@H](C)C1. The molecule has 1 amide bonds. The van der Waals surface area contributed by atoms with Crippen LogP contribution in [0.5, 0.6) is 0 Å². The maximum Gasteiger partial charge on any atom is 0.239 e. The van der Waals surface area contributed by atoms with Gasteiger partial charge in [0.1, 0.15) is 0 Å². The van der Waals surface area contributed by atoms with Gasteiger partial charge in [-0.3, -0.25) is 4.79 Å². The molecule has 0 saturated carbocycles. The van der Waals surface area contributed by atoms with E-state index in [9.17, 15) is 4.79 Å². The molecule has 0 aromatic carbocycles. The molecule has 1 heterocycles. The summed E-state index contributed by atoms with van der Waals surface area (Å²) in [6, 6.07) is 0.548. The van der Waals surface area contributed by atoms with Gasteiger partial charge in [-0.15, -0.1) is 0 Å². The van der Waals surface area contributed by atoms with E-state index >= 15 is 0 Å². The smallest absolute Gasteiger partial charge is 0.239 e.